The highest BCUT2D eigenvalue weighted by Crippen LogP contribution is 2.30. The normalized spacial score (nSPS) is 15.2. The quantitative estimate of drug-likeness (QED) is 0.814. The lowest BCUT2D eigenvalue weighted by Gasteiger charge is -2.22. The van der Waals surface area contributed by atoms with Gasteiger partial charge in [0.25, 0.3) is 5.91 Å². The fourth-order valence-corrected chi connectivity index (χ4v) is 3.34. The number of rotatable bonds is 6. The van der Waals surface area contributed by atoms with Crippen LogP contribution < -0.4 is 5.32 Å². The topological polar surface area (TPSA) is 55.8 Å². The number of carbonyl (C=O) groups excluding carboxylic acids is 1. The summed E-state index contributed by atoms with van der Waals surface area (Å²) in [6.45, 7) is 3.85. The molecule has 2 aromatic carbocycles. The van der Waals surface area contributed by atoms with Crippen LogP contribution in [0.15, 0.2) is 42.5 Å². The van der Waals surface area contributed by atoms with Crippen molar-refractivity contribution in [2.45, 2.75) is 32.2 Å². The number of aromatic hydroxyl groups is 1. The lowest BCUT2D eigenvalue weighted by Crippen LogP contribution is -2.27. The molecule has 1 aliphatic rings. The van der Waals surface area contributed by atoms with Crippen LogP contribution in [-0.2, 0) is 6.42 Å². The average Bonchev–Trinajstić information content (AvgIpc) is 3.19. The molecular weight excluding hydrogens is 338 g/mol. The van der Waals surface area contributed by atoms with Gasteiger partial charge >= 0.3 is 0 Å². The van der Waals surface area contributed by atoms with E-state index >= 15 is 0 Å². The van der Waals surface area contributed by atoms with Crippen molar-refractivity contribution in [1.82, 2.24) is 9.80 Å². The van der Waals surface area contributed by atoms with Crippen LogP contribution in [0, 0.1) is 0 Å². The van der Waals surface area contributed by atoms with Crippen LogP contribution in [0.25, 0.3) is 0 Å². The smallest absolute Gasteiger partial charge is 0.253 e. The molecular formula is C22H29N3O2. The van der Waals surface area contributed by atoms with Crippen LogP contribution in [0.5, 0.6) is 5.75 Å². The molecule has 0 bridgehead atoms. The number of carbonyl (C=O) groups is 1. The van der Waals surface area contributed by atoms with E-state index in [1.165, 1.54) is 0 Å². The van der Waals surface area contributed by atoms with Gasteiger partial charge in [-0.1, -0.05) is 6.07 Å². The summed E-state index contributed by atoms with van der Waals surface area (Å²) in [7, 11) is 4.07. The Labute approximate surface area is 161 Å². The first-order valence-corrected chi connectivity index (χ1v) is 9.59. The molecule has 2 N–H and O–H groups in total. The minimum Gasteiger partial charge on any atom is -0.508 e. The van der Waals surface area contributed by atoms with E-state index in [2.05, 4.69) is 17.1 Å². The molecule has 1 fully saturated rings. The van der Waals surface area contributed by atoms with E-state index in [9.17, 15) is 9.90 Å². The lowest BCUT2D eigenvalue weighted by molar-refractivity contribution is 0.0793. The van der Waals surface area contributed by atoms with E-state index in [1.54, 1.807) is 6.07 Å². The Hall–Kier alpha value is -2.53. The number of likely N-dealkylation sites (N-methyl/N-ethyl adjacent to an activating group) is 1. The predicted octanol–water partition coefficient (Wildman–Crippen LogP) is 3.86. The second-order valence-electron chi connectivity index (χ2n) is 7.52. The molecule has 3 rings (SSSR count). The fourth-order valence-electron chi connectivity index (χ4n) is 3.34. The van der Waals surface area contributed by atoms with Gasteiger partial charge in [0.15, 0.2) is 0 Å². The zero-order valence-corrected chi connectivity index (χ0v) is 16.4. The molecule has 1 heterocycles. The zero-order valence-electron chi connectivity index (χ0n) is 16.4. The van der Waals surface area contributed by atoms with Crippen molar-refractivity contribution in [1.29, 1.82) is 0 Å². The SMILES string of the molecule is CC(Cc1c(O)cccc1Nc1ccc(C(=O)N2CCCC2)cc1)N(C)C. The van der Waals surface area contributed by atoms with Gasteiger partial charge in [-0.3, -0.25) is 4.79 Å². The second kappa shape index (κ2) is 8.44. The third-order valence-corrected chi connectivity index (χ3v) is 5.34. The van der Waals surface area contributed by atoms with Crippen LogP contribution in [0.4, 0.5) is 11.4 Å². The largest absolute Gasteiger partial charge is 0.508 e. The molecule has 2 aromatic rings. The minimum absolute atomic E-state index is 0.108. The Morgan fingerprint density at radius 1 is 1.15 bits per heavy atom. The van der Waals surface area contributed by atoms with Crippen molar-refractivity contribution in [3.8, 4) is 5.75 Å². The molecule has 1 atom stereocenters. The van der Waals surface area contributed by atoms with Gasteiger partial charge in [-0.25, -0.2) is 0 Å². The van der Waals surface area contributed by atoms with E-state index in [0.717, 1.165) is 54.9 Å². The summed E-state index contributed by atoms with van der Waals surface area (Å²) in [5.74, 6) is 0.409. The lowest BCUT2D eigenvalue weighted by atomic mass is 10.0. The molecule has 0 aliphatic carbocycles. The second-order valence-corrected chi connectivity index (χ2v) is 7.52. The number of anilines is 2. The van der Waals surface area contributed by atoms with Crippen molar-refractivity contribution in [2.24, 2.45) is 0 Å². The van der Waals surface area contributed by atoms with Gasteiger partial charge in [-0.2, -0.15) is 0 Å². The highest BCUT2D eigenvalue weighted by Gasteiger charge is 2.19. The molecule has 0 saturated carbocycles. The van der Waals surface area contributed by atoms with E-state index in [-0.39, 0.29) is 5.91 Å². The minimum atomic E-state index is 0.108. The molecule has 144 valence electrons. The molecule has 5 heteroatoms. The van der Waals surface area contributed by atoms with E-state index < -0.39 is 0 Å². The Morgan fingerprint density at radius 3 is 2.44 bits per heavy atom. The highest BCUT2D eigenvalue weighted by atomic mass is 16.3. The number of hydrogen-bond acceptors (Lipinski definition) is 4. The molecule has 1 amide bonds. The number of phenols is 1. The first-order valence-electron chi connectivity index (χ1n) is 9.59. The molecule has 0 spiro atoms. The predicted molar refractivity (Wildman–Crippen MR) is 110 cm³/mol. The van der Waals surface area contributed by atoms with Crippen molar-refractivity contribution < 1.29 is 9.90 Å². The number of nitrogens with zero attached hydrogens (tertiary/aromatic N) is 2. The van der Waals surface area contributed by atoms with E-state index in [1.807, 2.05) is 55.4 Å². The third-order valence-electron chi connectivity index (χ3n) is 5.34. The standard InChI is InChI=1S/C22H29N3O2/c1-16(24(2)3)15-19-20(7-6-8-21(19)26)23-18-11-9-17(10-12-18)22(27)25-13-4-5-14-25/h6-12,16,23,26H,4-5,13-15H2,1-3H3. The molecule has 0 radical (unpaired) electrons. The summed E-state index contributed by atoms with van der Waals surface area (Å²) in [5, 5.41) is 13.7. The van der Waals surface area contributed by atoms with Gasteiger partial charge in [-0.05, 0) is 76.7 Å². The molecule has 1 unspecified atom stereocenters. The molecule has 27 heavy (non-hydrogen) atoms. The summed E-state index contributed by atoms with van der Waals surface area (Å²) in [4.78, 5) is 16.5. The first kappa shape index (κ1) is 19.2. The number of amides is 1. The van der Waals surface area contributed by atoms with E-state index in [0.29, 0.717) is 11.8 Å². The molecule has 0 aromatic heterocycles. The van der Waals surface area contributed by atoms with Crippen molar-refractivity contribution >= 4 is 17.3 Å². The fraction of sp³-hybridized carbons (Fsp3) is 0.409. The van der Waals surface area contributed by atoms with Crippen molar-refractivity contribution in [2.75, 3.05) is 32.5 Å². The van der Waals surface area contributed by atoms with E-state index in [4.69, 9.17) is 0 Å². The summed E-state index contributed by atoms with van der Waals surface area (Å²) >= 11 is 0. The number of nitrogens with one attached hydrogen (secondary N) is 1. The summed E-state index contributed by atoms with van der Waals surface area (Å²) < 4.78 is 0. The Bertz CT molecular complexity index is 781. The van der Waals surface area contributed by atoms with Gasteiger partial charge in [0.05, 0.1) is 0 Å². The number of hydrogen-bond donors (Lipinski definition) is 2. The van der Waals surface area contributed by atoms with Crippen molar-refractivity contribution in [3.63, 3.8) is 0 Å². The highest BCUT2D eigenvalue weighted by molar-refractivity contribution is 5.94. The maximum atomic E-state index is 12.5. The van der Waals surface area contributed by atoms with Gasteiger partial charge in [0.2, 0.25) is 0 Å². The summed E-state index contributed by atoms with van der Waals surface area (Å²) in [6, 6.07) is 13.4. The summed E-state index contributed by atoms with van der Waals surface area (Å²) in [6.07, 6.45) is 2.93. The molecule has 5 nitrogen and oxygen atoms in total. The summed E-state index contributed by atoms with van der Waals surface area (Å²) in [5.41, 5.74) is 3.41. The maximum Gasteiger partial charge on any atom is 0.253 e. The van der Waals surface area contributed by atoms with Crippen LogP contribution in [0.2, 0.25) is 0 Å². The molecule has 1 saturated heterocycles. The van der Waals surface area contributed by atoms with Gasteiger partial charge in [0.1, 0.15) is 5.75 Å². The van der Waals surface area contributed by atoms with Crippen molar-refractivity contribution in [3.05, 3.63) is 53.6 Å². The van der Waals surface area contributed by atoms with Crippen LogP contribution in [-0.4, -0.2) is 54.0 Å². The maximum absolute atomic E-state index is 12.5. The first-order chi connectivity index (χ1) is 13.0. The van der Waals surface area contributed by atoms with Crippen LogP contribution in [0.3, 0.4) is 0 Å². The van der Waals surface area contributed by atoms with Gasteiger partial charge in [0, 0.05) is 41.6 Å². The Balaban J connectivity index is 1.75. The Morgan fingerprint density at radius 2 is 1.81 bits per heavy atom. The zero-order chi connectivity index (χ0) is 19.4. The monoisotopic (exact) mass is 367 g/mol. The average molecular weight is 367 g/mol. The third kappa shape index (κ3) is 4.61. The van der Waals surface area contributed by atoms with Gasteiger partial charge < -0.3 is 20.2 Å². The Kier molecular flexibility index (Phi) is 6.01. The number of phenolic OH excluding ortho intramolecular Hbond substituents is 1. The molecule has 1 aliphatic heterocycles. The van der Waals surface area contributed by atoms with Gasteiger partial charge in [-0.15, -0.1) is 0 Å². The van der Waals surface area contributed by atoms with Crippen LogP contribution >= 0.6 is 0 Å². The van der Waals surface area contributed by atoms with Crippen LogP contribution in [0.1, 0.15) is 35.7 Å². The number of likely N-dealkylation sites (tertiary alicyclic amines) is 1. The number of benzene rings is 2.